The van der Waals surface area contributed by atoms with E-state index in [0.29, 0.717) is 25.2 Å². The summed E-state index contributed by atoms with van der Waals surface area (Å²) in [5.74, 6) is -1.17. The second kappa shape index (κ2) is 7.88. The highest BCUT2D eigenvalue weighted by molar-refractivity contribution is 5.25. The lowest BCUT2D eigenvalue weighted by Gasteiger charge is -2.38. The summed E-state index contributed by atoms with van der Waals surface area (Å²) in [4.78, 5) is 2.00. The number of ether oxygens (including phenoxy) is 1. The number of hydrogen-bond donors (Lipinski definition) is 2. The summed E-state index contributed by atoms with van der Waals surface area (Å²) < 4.78 is 72.5. The fourth-order valence-corrected chi connectivity index (χ4v) is 4.07. The Bertz CT molecular complexity index is 919. The molecule has 3 heterocycles. The van der Waals surface area contributed by atoms with Crippen LogP contribution in [0, 0.1) is 11.6 Å². The molecule has 2 aliphatic rings. The van der Waals surface area contributed by atoms with Crippen LogP contribution in [0.4, 0.5) is 22.0 Å². The highest BCUT2D eigenvalue weighted by Gasteiger charge is 2.41. The van der Waals surface area contributed by atoms with Crippen LogP contribution in [-0.2, 0) is 24.4 Å². The maximum atomic E-state index is 14.1. The summed E-state index contributed by atoms with van der Waals surface area (Å²) in [6, 6.07) is 2.42. The van der Waals surface area contributed by atoms with Gasteiger partial charge in [-0.1, -0.05) is 0 Å². The van der Waals surface area contributed by atoms with Crippen molar-refractivity contribution in [1.29, 1.82) is 0 Å². The van der Waals surface area contributed by atoms with Crippen LogP contribution in [0.15, 0.2) is 24.4 Å². The van der Waals surface area contributed by atoms with Gasteiger partial charge in [0.15, 0.2) is 6.10 Å². The molecule has 4 rings (SSSR count). The maximum Gasteiger partial charge on any atom is 0.416 e. The van der Waals surface area contributed by atoms with Gasteiger partial charge in [0, 0.05) is 36.3 Å². The fourth-order valence-electron chi connectivity index (χ4n) is 4.07. The summed E-state index contributed by atoms with van der Waals surface area (Å²) >= 11 is 0. The summed E-state index contributed by atoms with van der Waals surface area (Å²) in [5.41, 5.74) is 7.64. The number of nitrogens with two attached hydrogens (primary N) is 1. The van der Waals surface area contributed by atoms with Crippen LogP contribution in [0.1, 0.15) is 29.3 Å². The molecule has 4 atom stereocenters. The number of aliphatic hydroxyl groups excluding tert-OH is 1. The number of benzene rings is 1. The highest BCUT2D eigenvalue weighted by Crippen LogP contribution is 2.34. The molecule has 0 amide bonds. The zero-order valence-corrected chi connectivity index (χ0v) is 15.8. The van der Waals surface area contributed by atoms with E-state index < -0.39 is 42.6 Å². The number of hydrogen-bond acceptors (Lipinski definition) is 5. The predicted octanol–water partition coefficient (Wildman–Crippen LogP) is 2.26. The molecule has 1 aromatic carbocycles. The minimum Gasteiger partial charge on any atom is -0.382 e. The smallest absolute Gasteiger partial charge is 0.382 e. The Morgan fingerprint density at radius 3 is 2.73 bits per heavy atom. The first-order valence-corrected chi connectivity index (χ1v) is 9.48. The van der Waals surface area contributed by atoms with Gasteiger partial charge in [0.1, 0.15) is 17.7 Å². The average molecular weight is 432 g/mol. The Morgan fingerprint density at radius 2 is 2.03 bits per heavy atom. The molecule has 164 valence electrons. The molecule has 11 heteroatoms. The fraction of sp³-hybridized carbons (Fsp3) is 0.526. The second-order valence-corrected chi connectivity index (χ2v) is 7.73. The van der Waals surface area contributed by atoms with Crippen molar-refractivity contribution >= 4 is 0 Å². The van der Waals surface area contributed by atoms with Crippen molar-refractivity contribution in [3.8, 4) is 0 Å². The molecular weight excluding hydrogens is 411 g/mol. The molecule has 1 aromatic heterocycles. The van der Waals surface area contributed by atoms with Crippen LogP contribution in [0.5, 0.6) is 0 Å². The zero-order valence-electron chi connectivity index (χ0n) is 15.8. The molecule has 0 aliphatic carbocycles. The first kappa shape index (κ1) is 21.2. The lowest BCUT2D eigenvalue weighted by Crippen LogP contribution is -2.48. The molecule has 0 saturated carbocycles. The van der Waals surface area contributed by atoms with Crippen LogP contribution in [0.3, 0.4) is 0 Å². The van der Waals surface area contributed by atoms with Gasteiger partial charge in [-0.3, -0.25) is 9.58 Å². The molecule has 0 radical (unpaired) electrons. The van der Waals surface area contributed by atoms with Crippen molar-refractivity contribution in [3.05, 3.63) is 52.9 Å². The van der Waals surface area contributed by atoms with Crippen LogP contribution in [0.25, 0.3) is 0 Å². The Morgan fingerprint density at radius 1 is 1.27 bits per heavy atom. The third kappa shape index (κ3) is 4.07. The van der Waals surface area contributed by atoms with Crippen molar-refractivity contribution < 1.29 is 31.8 Å². The molecule has 30 heavy (non-hydrogen) atoms. The Labute approximate surface area is 169 Å². The van der Waals surface area contributed by atoms with Crippen LogP contribution >= 0.6 is 0 Å². The van der Waals surface area contributed by atoms with Crippen molar-refractivity contribution in [2.24, 2.45) is 5.73 Å². The van der Waals surface area contributed by atoms with Crippen LogP contribution in [0.2, 0.25) is 0 Å². The van der Waals surface area contributed by atoms with Crippen molar-refractivity contribution in [1.82, 2.24) is 14.7 Å². The number of aromatic nitrogens is 2. The lowest BCUT2D eigenvalue weighted by atomic mass is 9.93. The van der Waals surface area contributed by atoms with E-state index in [1.807, 2.05) is 4.90 Å². The van der Waals surface area contributed by atoms with E-state index in [-0.39, 0.29) is 18.2 Å². The first-order chi connectivity index (χ1) is 14.1. The van der Waals surface area contributed by atoms with E-state index in [4.69, 9.17) is 10.5 Å². The number of aliphatic hydroxyl groups is 1. The van der Waals surface area contributed by atoms with E-state index >= 15 is 0 Å². The Balaban J connectivity index is 1.41. The number of rotatable bonds is 4. The third-order valence-corrected chi connectivity index (χ3v) is 5.67. The molecular formula is C19H21F5N4O2. The zero-order chi connectivity index (χ0) is 21.6. The minimum atomic E-state index is -4.72. The van der Waals surface area contributed by atoms with Gasteiger partial charge in [0.2, 0.25) is 0 Å². The number of fused-ring (bicyclic) bond motifs is 1. The van der Waals surface area contributed by atoms with Gasteiger partial charge in [-0.2, -0.15) is 18.3 Å². The summed E-state index contributed by atoms with van der Waals surface area (Å²) in [6.45, 7) is 0.336. The summed E-state index contributed by atoms with van der Waals surface area (Å²) in [5, 5.41) is 13.3. The normalized spacial score (nSPS) is 26.0. The minimum absolute atomic E-state index is 0.0717. The van der Waals surface area contributed by atoms with E-state index in [0.717, 1.165) is 23.8 Å². The van der Waals surface area contributed by atoms with Crippen molar-refractivity contribution in [2.75, 3.05) is 6.61 Å². The predicted molar refractivity (Wildman–Crippen MR) is 95.0 cm³/mol. The van der Waals surface area contributed by atoms with E-state index in [1.165, 1.54) is 10.9 Å². The van der Waals surface area contributed by atoms with Crippen LogP contribution in [-0.4, -0.2) is 50.8 Å². The van der Waals surface area contributed by atoms with Crippen LogP contribution < -0.4 is 5.73 Å². The number of halogens is 5. The molecule has 2 aliphatic heterocycles. The standard InChI is InChI=1S/C19H21F5N4O2/c20-11-1-2-14(21)13(3-11)18-15(25)4-12(9-30-18)27-6-10-5-26-28(16(10)7-27)8-17(29)19(22,23)24/h1-3,5,12,15,17-18,29H,4,6-9,25H2/t12-,15+,17+,18-/m1/s1. The van der Waals surface area contributed by atoms with Crippen molar-refractivity contribution in [2.45, 2.75) is 56.5 Å². The molecule has 1 saturated heterocycles. The van der Waals surface area contributed by atoms with E-state index in [2.05, 4.69) is 5.10 Å². The number of alkyl halides is 3. The highest BCUT2D eigenvalue weighted by atomic mass is 19.4. The molecule has 3 N–H and O–H groups in total. The second-order valence-electron chi connectivity index (χ2n) is 7.73. The summed E-state index contributed by atoms with van der Waals surface area (Å²) in [7, 11) is 0. The van der Waals surface area contributed by atoms with Gasteiger partial charge in [-0.25, -0.2) is 8.78 Å². The lowest BCUT2D eigenvalue weighted by molar-refractivity contribution is -0.208. The van der Waals surface area contributed by atoms with E-state index in [9.17, 15) is 27.1 Å². The molecule has 1 fully saturated rings. The van der Waals surface area contributed by atoms with E-state index in [1.54, 1.807) is 0 Å². The largest absolute Gasteiger partial charge is 0.416 e. The average Bonchev–Trinajstić information content (AvgIpc) is 3.25. The van der Waals surface area contributed by atoms with Crippen molar-refractivity contribution in [3.63, 3.8) is 0 Å². The first-order valence-electron chi connectivity index (χ1n) is 9.48. The SMILES string of the molecule is N[C@H]1C[C@@H](N2Cc3cnn(C[C@H](O)C(F)(F)F)c3C2)CO[C@@H]1c1cc(F)ccc1F. The van der Waals surface area contributed by atoms with Gasteiger partial charge >= 0.3 is 6.18 Å². The summed E-state index contributed by atoms with van der Waals surface area (Å²) in [6.07, 6.45) is -6.05. The van der Waals surface area contributed by atoms with Gasteiger partial charge in [-0.05, 0) is 24.6 Å². The van der Waals surface area contributed by atoms with Gasteiger partial charge < -0.3 is 15.6 Å². The Kier molecular flexibility index (Phi) is 5.56. The quantitative estimate of drug-likeness (QED) is 0.725. The van der Waals surface area contributed by atoms with Gasteiger partial charge in [-0.15, -0.1) is 0 Å². The third-order valence-electron chi connectivity index (χ3n) is 5.67. The Hall–Kier alpha value is -2.08. The molecule has 6 nitrogen and oxygen atoms in total. The molecule has 2 aromatic rings. The molecule has 0 bridgehead atoms. The van der Waals surface area contributed by atoms with Gasteiger partial charge in [0.25, 0.3) is 0 Å². The van der Waals surface area contributed by atoms with Gasteiger partial charge in [0.05, 0.1) is 25.0 Å². The molecule has 0 unspecified atom stereocenters. The number of nitrogens with zero attached hydrogens (tertiary/aromatic N) is 3. The maximum absolute atomic E-state index is 14.1. The topological polar surface area (TPSA) is 76.5 Å². The monoisotopic (exact) mass is 432 g/mol. The molecule has 0 spiro atoms.